The predicted molar refractivity (Wildman–Crippen MR) is 280 cm³/mol. The first-order chi connectivity index (χ1) is 34.0. The van der Waals surface area contributed by atoms with Crippen LogP contribution in [0.3, 0.4) is 0 Å². The number of hydrogen-bond acceptors (Lipinski definition) is 3. The second-order valence-corrected chi connectivity index (χ2v) is 19.5. The molecule has 69 heavy (non-hydrogen) atoms. The van der Waals surface area contributed by atoms with E-state index < -0.39 is 9.84 Å². The third-order valence-corrected chi connectivity index (χ3v) is 15.8. The average molecular weight is 904 g/mol. The molecule has 0 aliphatic rings. The molecule has 0 atom stereocenters. The Morgan fingerprint density at radius 1 is 0.333 bits per heavy atom. The van der Waals surface area contributed by atoms with E-state index in [1.807, 2.05) is 24.3 Å². The van der Waals surface area contributed by atoms with Crippen molar-refractivity contribution in [2.75, 3.05) is 0 Å². The summed E-state index contributed by atoms with van der Waals surface area (Å²) in [5.41, 5.74) is 11.6. The maximum Gasteiger partial charge on any atom is 0.208 e. The van der Waals surface area contributed by atoms with Gasteiger partial charge in [-0.3, -0.25) is 0 Å². The standard InChI is InChI=1S/C61H37N5O2S/c62-38-39-17-7-16-30-57(39)69(67,68)44-36-42(63-53-28-14-10-24-49(53)58-55(63)33-31-47-45-22-8-12-26-51(45)65(60(47)58)40-18-3-1-4-19-40)35-43(37-44)64-54-29-15-11-25-50(54)59-56(64)34-32-48-46-23-9-13-27-52(46)66(61(48)59)41-20-5-2-6-21-41/h1-37H. The quantitative estimate of drug-likeness (QED) is 0.167. The molecule has 0 fully saturated rings. The summed E-state index contributed by atoms with van der Waals surface area (Å²) in [6.07, 6.45) is 0. The van der Waals surface area contributed by atoms with Crippen LogP contribution in [-0.4, -0.2) is 26.7 Å². The van der Waals surface area contributed by atoms with Crippen LogP contribution in [0.1, 0.15) is 5.56 Å². The molecule has 8 heteroatoms. The molecule has 0 amide bonds. The van der Waals surface area contributed by atoms with Gasteiger partial charge in [-0.15, -0.1) is 0 Å². The van der Waals surface area contributed by atoms with E-state index in [9.17, 15) is 5.26 Å². The fourth-order valence-corrected chi connectivity index (χ4v) is 12.6. The van der Waals surface area contributed by atoms with E-state index in [1.54, 1.807) is 30.3 Å². The third-order valence-electron chi connectivity index (χ3n) is 14.0. The van der Waals surface area contributed by atoms with E-state index in [0.29, 0.717) is 11.4 Å². The minimum Gasteiger partial charge on any atom is -0.309 e. The van der Waals surface area contributed by atoms with Gasteiger partial charge in [0.2, 0.25) is 9.84 Å². The van der Waals surface area contributed by atoms with Gasteiger partial charge in [0.25, 0.3) is 0 Å². The molecule has 7 nitrogen and oxygen atoms in total. The molecule has 0 bridgehead atoms. The molecule has 324 valence electrons. The molecule has 4 heterocycles. The summed E-state index contributed by atoms with van der Waals surface area (Å²) in [6, 6.07) is 77.7. The Morgan fingerprint density at radius 3 is 1.19 bits per heavy atom. The van der Waals surface area contributed by atoms with Crippen molar-refractivity contribution in [2.24, 2.45) is 0 Å². The molecule has 0 saturated heterocycles. The number of nitriles is 1. The Hall–Kier alpha value is -9.16. The highest BCUT2D eigenvalue weighted by Crippen LogP contribution is 2.45. The summed E-state index contributed by atoms with van der Waals surface area (Å²) in [4.78, 5) is 0.0386. The first-order valence-electron chi connectivity index (χ1n) is 22.9. The highest BCUT2D eigenvalue weighted by atomic mass is 32.2. The van der Waals surface area contributed by atoms with Crippen LogP contribution in [0, 0.1) is 11.3 Å². The molecular formula is C61H37N5O2S. The molecule has 0 N–H and O–H groups in total. The average Bonchev–Trinajstić information content (AvgIpc) is 4.14. The Morgan fingerprint density at radius 2 is 0.725 bits per heavy atom. The van der Waals surface area contributed by atoms with Gasteiger partial charge >= 0.3 is 0 Å². The lowest BCUT2D eigenvalue weighted by molar-refractivity contribution is 0.595. The normalized spacial score (nSPS) is 12.2. The van der Waals surface area contributed by atoms with Gasteiger partial charge < -0.3 is 18.3 Å². The van der Waals surface area contributed by atoms with Crippen LogP contribution in [0.5, 0.6) is 0 Å². The molecule has 0 aliphatic carbocycles. The summed E-state index contributed by atoms with van der Waals surface area (Å²) in [5.74, 6) is 0. The maximum atomic E-state index is 15.3. The smallest absolute Gasteiger partial charge is 0.208 e. The van der Waals surface area contributed by atoms with Crippen molar-refractivity contribution in [2.45, 2.75) is 9.79 Å². The summed E-state index contributed by atoms with van der Waals surface area (Å²) < 4.78 is 39.7. The number of para-hydroxylation sites is 6. The molecular weight excluding hydrogens is 867 g/mol. The van der Waals surface area contributed by atoms with Crippen molar-refractivity contribution in [1.29, 1.82) is 5.26 Å². The zero-order valence-corrected chi connectivity index (χ0v) is 37.6. The predicted octanol–water partition coefficient (Wildman–Crippen LogP) is 14.8. The fraction of sp³-hybridized carbons (Fsp3) is 0. The Kier molecular flexibility index (Phi) is 8.30. The van der Waals surface area contributed by atoms with Gasteiger partial charge in [0.1, 0.15) is 6.07 Å². The second-order valence-electron chi connectivity index (χ2n) is 17.6. The van der Waals surface area contributed by atoms with E-state index in [1.165, 1.54) is 6.07 Å². The third kappa shape index (κ3) is 5.50. The molecule has 0 saturated carbocycles. The van der Waals surface area contributed by atoms with Crippen LogP contribution < -0.4 is 0 Å². The fourth-order valence-electron chi connectivity index (χ4n) is 11.2. The van der Waals surface area contributed by atoms with E-state index in [2.05, 4.69) is 188 Å². The summed E-state index contributed by atoms with van der Waals surface area (Å²) >= 11 is 0. The number of fused-ring (bicyclic) bond motifs is 14. The molecule has 0 spiro atoms. The van der Waals surface area contributed by atoms with Gasteiger partial charge in [0.05, 0.1) is 59.5 Å². The van der Waals surface area contributed by atoms with E-state index in [4.69, 9.17) is 0 Å². The molecule has 0 radical (unpaired) electrons. The van der Waals surface area contributed by atoms with Crippen molar-refractivity contribution < 1.29 is 8.42 Å². The second kappa shape index (κ2) is 14.7. The largest absolute Gasteiger partial charge is 0.309 e. The van der Waals surface area contributed by atoms with Gasteiger partial charge in [-0.1, -0.05) is 133 Å². The lowest BCUT2D eigenvalue weighted by Crippen LogP contribution is -2.08. The Bertz CT molecular complexity index is 4380. The minimum absolute atomic E-state index is 0.0387. The molecule has 4 aromatic heterocycles. The zero-order chi connectivity index (χ0) is 46.0. The van der Waals surface area contributed by atoms with Crippen LogP contribution in [0.25, 0.3) is 110 Å². The van der Waals surface area contributed by atoms with E-state index >= 15 is 8.42 Å². The maximum absolute atomic E-state index is 15.3. The van der Waals surface area contributed by atoms with Crippen LogP contribution in [0.15, 0.2) is 234 Å². The monoisotopic (exact) mass is 903 g/mol. The summed E-state index contributed by atoms with van der Waals surface area (Å²) in [6.45, 7) is 0. The van der Waals surface area contributed by atoms with Crippen molar-refractivity contribution in [3.63, 3.8) is 0 Å². The number of benzene rings is 10. The number of sulfone groups is 1. The first-order valence-corrected chi connectivity index (χ1v) is 24.4. The van der Waals surface area contributed by atoms with Crippen LogP contribution >= 0.6 is 0 Å². The molecule has 14 aromatic rings. The molecule has 0 unspecified atom stereocenters. The number of hydrogen-bond donors (Lipinski definition) is 0. The molecule has 0 aliphatic heterocycles. The highest BCUT2D eigenvalue weighted by molar-refractivity contribution is 7.91. The zero-order valence-electron chi connectivity index (χ0n) is 36.8. The van der Waals surface area contributed by atoms with Gasteiger partial charge in [-0.05, 0) is 91.0 Å². The van der Waals surface area contributed by atoms with E-state index in [0.717, 1.165) is 98.6 Å². The lowest BCUT2D eigenvalue weighted by Gasteiger charge is -2.16. The number of rotatable bonds is 6. The lowest BCUT2D eigenvalue weighted by atomic mass is 10.1. The number of nitrogens with zero attached hydrogens (tertiary/aromatic N) is 5. The van der Waals surface area contributed by atoms with Crippen molar-refractivity contribution in [1.82, 2.24) is 18.3 Å². The highest BCUT2D eigenvalue weighted by Gasteiger charge is 2.27. The van der Waals surface area contributed by atoms with Crippen molar-refractivity contribution in [3.05, 3.63) is 230 Å². The number of aromatic nitrogens is 4. The van der Waals surface area contributed by atoms with E-state index in [-0.39, 0.29) is 15.4 Å². The summed E-state index contributed by atoms with van der Waals surface area (Å²) in [5, 5.41) is 19.0. The molecule has 10 aromatic carbocycles. The topological polar surface area (TPSA) is 77.7 Å². The Balaban J connectivity index is 1.13. The van der Waals surface area contributed by atoms with Gasteiger partial charge in [0.15, 0.2) is 0 Å². The molecule has 14 rings (SSSR count). The van der Waals surface area contributed by atoms with Gasteiger partial charge in [-0.25, -0.2) is 8.42 Å². The van der Waals surface area contributed by atoms with Crippen molar-refractivity contribution >= 4 is 97.1 Å². The van der Waals surface area contributed by atoms with Crippen LogP contribution in [0.2, 0.25) is 0 Å². The SMILES string of the molecule is N#Cc1ccccc1S(=O)(=O)c1cc(-n2c3ccccc3c3c2ccc2c4ccccc4n(-c4ccccc4)c23)cc(-n2c3ccccc3c3c2ccc2c4ccccc4n(-c4ccccc4)c23)c1. The van der Waals surface area contributed by atoms with Gasteiger partial charge in [0, 0.05) is 65.8 Å². The van der Waals surface area contributed by atoms with Crippen LogP contribution in [0.4, 0.5) is 0 Å². The Labute approximate surface area is 395 Å². The van der Waals surface area contributed by atoms with Crippen LogP contribution in [-0.2, 0) is 9.84 Å². The minimum atomic E-state index is -4.27. The first kappa shape index (κ1) is 39.0. The summed E-state index contributed by atoms with van der Waals surface area (Å²) in [7, 11) is -4.27. The van der Waals surface area contributed by atoms with Crippen molar-refractivity contribution in [3.8, 4) is 28.8 Å². The van der Waals surface area contributed by atoms with Gasteiger partial charge in [-0.2, -0.15) is 5.26 Å².